The minimum absolute atomic E-state index is 0.0305. The van der Waals surface area contributed by atoms with Crippen molar-refractivity contribution in [3.63, 3.8) is 0 Å². The number of carbonyl (C=O) groups excluding carboxylic acids is 1. The fourth-order valence-corrected chi connectivity index (χ4v) is 3.64. The van der Waals surface area contributed by atoms with Crippen LogP contribution in [0.25, 0.3) is 0 Å². The number of anilines is 1. The molecule has 0 aliphatic heterocycles. The van der Waals surface area contributed by atoms with Gasteiger partial charge in [0.2, 0.25) is 5.91 Å². The van der Waals surface area contributed by atoms with Crippen LogP contribution >= 0.6 is 11.6 Å². The summed E-state index contributed by atoms with van der Waals surface area (Å²) in [4.78, 5) is 13.3. The standard InChI is InChI=1S/C23H28ClF4N5O2/c1-13(2)20(30-16-9-7-15(25)8-10-16)17(12-29)31-22(35)18(6-4-5-11-34)33-14(3)19(24)21(32-33)23(26,27)28/h7-10,12-13,18,29-30,34H,4-6,11H2,1-3H3,(H,31,35)/b20-17+,29-12?. The van der Waals surface area contributed by atoms with E-state index in [1.54, 1.807) is 0 Å². The maximum Gasteiger partial charge on any atom is 0.436 e. The molecule has 0 saturated heterocycles. The van der Waals surface area contributed by atoms with E-state index in [2.05, 4.69) is 15.7 Å². The van der Waals surface area contributed by atoms with Crippen LogP contribution in [0.3, 0.4) is 0 Å². The van der Waals surface area contributed by atoms with Crippen LogP contribution in [-0.4, -0.2) is 33.6 Å². The summed E-state index contributed by atoms with van der Waals surface area (Å²) in [7, 11) is 0. The summed E-state index contributed by atoms with van der Waals surface area (Å²) >= 11 is 5.88. The van der Waals surface area contributed by atoms with Gasteiger partial charge >= 0.3 is 6.18 Å². The fraction of sp³-hybridized carbons (Fsp3) is 0.435. The van der Waals surface area contributed by atoms with Crippen molar-refractivity contribution in [1.29, 1.82) is 5.41 Å². The van der Waals surface area contributed by atoms with Gasteiger partial charge in [-0.1, -0.05) is 25.4 Å². The lowest BCUT2D eigenvalue weighted by atomic mass is 10.1. The first-order chi connectivity index (χ1) is 16.4. The Hall–Kier alpha value is -2.92. The number of alkyl halides is 3. The lowest BCUT2D eigenvalue weighted by Gasteiger charge is -2.22. The number of hydrogen-bond acceptors (Lipinski definition) is 5. The number of rotatable bonds is 11. The van der Waals surface area contributed by atoms with Crippen LogP contribution in [0.5, 0.6) is 0 Å². The normalized spacial score (nSPS) is 13.4. The molecule has 1 unspecified atom stereocenters. The number of carbonyl (C=O) groups is 1. The first kappa shape index (κ1) is 28.3. The Bertz CT molecular complexity index is 1070. The van der Waals surface area contributed by atoms with Crippen molar-refractivity contribution in [3.8, 4) is 0 Å². The molecule has 35 heavy (non-hydrogen) atoms. The number of amides is 1. The number of aliphatic hydroxyl groups is 1. The number of aromatic nitrogens is 2. The minimum Gasteiger partial charge on any atom is -0.396 e. The largest absolute Gasteiger partial charge is 0.436 e. The monoisotopic (exact) mass is 517 g/mol. The Balaban J connectivity index is 2.44. The summed E-state index contributed by atoms with van der Waals surface area (Å²) in [5.41, 5.74) is -0.265. The molecule has 1 aromatic heterocycles. The highest BCUT2D eigenvalue weighted by Gasteiger charge is 2.39. The van der Waals surface area contributed by atoms with E-state index in [4.69, 9.17) is 22.1 Å². The van der Waals surface area contributed by atoms with Gasteiger partial charge in [0.15, 0.2) is 5.69 Å². The zero-order chi connectivity index (χ0) is 26.3. The van der Waals surface area contributed by atoms with Gasteiger partial charge in [0.1, 0.15) is 11.9 Å². The summed E-state index contributed by atoms with van der Waals surface area (Å²) in [5.74, 6) is -1.33. The van der Waals surface area contributed by atoms with Crippen molar-refractivity contribution in [2.75, 3.05) is 11.9 Å². The molecular weight excluding hydrogens is 490 g/mol. The molecule has 1 amide bonds. The third-order valence-electron chi connectivity index (χ3n) is 5.22. The van der Waals surface area contributed by atoms with Crippen LogP contribution in [0.1, 0.15) is 50.5 Å². The van der Waals surface area contributed by atoms with E-state index in [0.29, 0.717) is 24.2 Å². The second kappa shape index (κ2) is 12.2. The summed E-state index contributed by atoms with van der Waals surface area (Å²) < 4.78 is 54.2. The van der Waals surface area contributed by atoms with E-state index >= 15 is 0 Å². The predicted octanol–water partition coefficient (Wildman–Crippen LogP) is 5.45. The molecule has 0 bridgehead atoms. The van der Waals surface area contributed by atoms with Crippen LogP contribution in [0.15, 0.2) is 35.7 Å². The van der Waals surface area contributed by atoms with Gasteiger partial charge in [-0.25, -0.2) is 4.39 Å². The topological polar surface area (TPSA) is 103 Å². The Morgan fingerprint density at radius 3 is 2.37 bits per heavy atom. The van der Waals surface area contributed by atoms with E-state index in [9.17, 15) is 22.4 Å². The molecule has 1 aromatic carbocycles. The maximum absolute atomic E-state index is 13.3. The summed E-state index contributed by atoms with van der Waals surface area (Å²) in [6, 6.07) is 4.31. The van der Waals surface area contributed by atoms with Crippen molar-refractivity contribution >= 4 is 29.4 Å². The first-order valence-corrected chi connectivity index (χ1v) is 11.3. The van der Waals surface area contributed by atoms with Crippen LogP contribution in [0, 0.1) is 24.1 Å². The van der Waals surface area contributed by atoms with Gasteiger partial charge in [-0.2, -0.15) is 18.3 Å². The molecule has 7 nitrogen and oxygen atoms in total. The van der Waals surface area contributed by atoms with Gasteiger partial charge in [-0.05, 0) is 56.4 Å². The van der Waals surface area contributed by atoms with E-state index in [-0.39, 0.29) is 30.3 Å². The molecular formula is C23H28ClF4N5O2. The second-order valence-electron chi connectivity index (χ2n) is 8.17. The quantitative estimate of drug-likeness (QED) is 0.181. The molecule has 2 rings (SSSR count). The van der Waals surface area contributed by atoms with Gasteiger partial charge in [0.25, 0.3) is 0 Å². The zero-order valence-corrected chi connectivity index (χ0v) is 20.3. The first-order valence-electron chi connectivity index (χ1n) is 10.9. The SMILES string of the molecule is Cc1c(Cl)c(C(F)(F)F)nn1C(CCCCO)C(=O)N/C(C=N)=C(/Nc1ccc(F)cc1)C(C)C. The van der Waals surface area contributed by atoms with Crippen LogP contribution in [0.4, 0.5) is 23.2 Å². The summed E-state index contributed by atoms with van der Waals surface area (Å²) in [6.45, 7) is 4.81. The van der Waals surface area contributed by atoms with Crippen molar-refractivity contribution in [2.24, 2.45) is 5.92 Å². The Labute approximate surface area is 205 Å². The smallest absolute Gasteiger partial charge is 0.396 e. The molecule has 0 saturated carbocycles. The molecule has 0 fully saturated rings. The average molecular weight is 518 g/mol. The molecule has 0 aliphatic rings. The molecule has 1 heterocycles. The van der Waals surface area contributed by atoms with Gasteiger partial charge in [0.05, 0.1) is 16.4 Å². The highest BCUT2D eigenvalue weighted by Crippen LogP contribution is 2.36. The predicted molar refractivity (Wildman–Crippen MR) is 126 cm³/mol. The Morgan fingerprint density at radius 1 is 1.26 bits per heavy atom. The van der Waals surface area contributed by atoms with Crippen molar-refractivity contribution < 1.29 is 27.5 Å². The van der Waals surface area contributed by atoms with E-state index in [0.717, 1.165) is 10.9 Å². The van der Waals surface area contributed by atoms with E-state index in [1.807, 2.05) is 13.8 Å². The molecule has 1 atom stereocenters. The Morgan fingerprint density at radius 2 is 1.89 bits per heavy atom. The number of hydrogen-bond donors (Lipinski definition) is 4. The molecule has 192 valence electrons. The van der Waals surface area contributed by atoms with Crippen molar-refractivity contribution in [2.45, 2.75) is 52.3 Å². The number of nitrogens with one attached hydrogen (secondary N) is 3. The number of unbranched alkanes of at least 4 members (excludes halogenated alkanes) is 1. The van der Waals surface area contributed by atoms with E-state index < -0.39 is 34.7 Å². The molecule has 12 heteroatoms. The molecule has 4 N–H and O–H groups in total. The average Bonchev–Trinajstić information content (AvgIpc) is 3.09. The Kier molecular flexibility index (Phi) is 9.84. The highest BCUT2D eigenvalue weighted by molar-refractivity contribution is 6.32. The highest BCUT2D eigenvalue weighted by atomic mass is 35.5. The van der Waals surface area contributed by atoms with Crippen LogP contribution in [0.2, 0.25) is 5.02 Å². The molecule has 0 radical (unpaired) electrons. The lowest BCUT2D eigenvalue weighted by Crippen LogP contribution is -2.35. The third kappa shape index (κ3) is 7.28. The van der Waals surface area contributed by atoms with Gasteiger partial charge < -0.3 is 21.1 Å². The van der Waals surface area contributed by atoms with Crippen molar-refractivity contribution in [3.05, 3.63) is 57.9 Å². The number of nitrogens with zero attached hydrogens (tertiary/aromatic N) is 2. The van der Waals surface area contributed by atoms with Gasteiger partial charge in [-0.15, -0.1) is 0 Å². The van der Waals surface area contributed by atoms with E-state index in [1.165, 1.54) is 31.2 Å². The lowest BCUT2D eigenvalue weighted by molar-refractivity contribution is -0.142. The van der Waals surface area contributed by atoms with Crippen LogP contribution in [-0.2, 0) is 11.0 Å². The fourth-order valence-electron chi connectivity index (χ4n) is 3.41. The molecule has 2 aromatic rings. The second-order valence-corrected chi connectivity index (χ2v) is 8.55. The molecule has 0 aliphatic carbocycles. The maximum atomic E-state index is 13.3. The van der Waals surface area contributed by atoms with Gasteiger partial charge in [-0.3, -0.25) is 9.48 Å². The summed E-state index contributed by atoms with van der Waals surface area (Å²) in [6.07, 6.45) is -3.14. The molecule has 0 spiro atoms. The number of allylic oxidation sites excluding steroid dienone is 2. The number of aliphatic hydroxyl groups excluding tert-OH is 1. The van der Waals surface area contributed by atoms with Gasteiger partial charge in [0, 0.05) is 24.2 Å². The summed E-state index contributed by atoms with van der Waals surface area (Å²) in [5, 5.41) is 25.6. The zero-order valence-electron chi connectivity index (χ0n) is 19.5. The number of halogens is 5. The third-order valence-corrected chi connectivity index (χ3v) is 5.67. The minimum atomic E-state index is -4.80. The van der Waals surface area contributed by atoms with Crippen molar-refractivity contribution in [1.82, 2.24) is 15.1 Å². The van der Waals surface area contributed by atoms with Crippen LogP contribution < -0.4 is 10.6 Å². The number of benzene rings is 1.